The van der Waals surface area contributed by atoms with E-state index in [1.807, 2.05) is 0 Å². The van der Waals surface area contributed by atoms with Crippen LogP contribution in [0.15, 0.2) is 29.4 Å². The van der Waals surface area contributed by atoms with Crippen LogP contribution >= 0.6 is 0 Å². The van der Waals surface area contributed by atoms with Gasteiger partial charge in [0, 0.05) is 12.0 Å². The lowest BCUT2D eigenvalue weighted by atomic mass is 10.1. The minimum absolute atomic E-state index is 0.113. The van der Waals surface area contributed by atoms with E-state index in [1.165, 1.54) is 30.5 Å². The van der Waals surface area contributed by atoms with Crippen molar-refractivity contribution in [1.82, 2.24) is 0 Å². The summed E-state index contributed by atoms with van der Waals surface area (Å²) < 4.78 is 12.5. The molecule has 0 heterocycles. The monoisotopic (exact) mass is 209 g/mol. The number of carbonyl (C=O) groups is 1. The van der Waals surface area contributed by atoms with Crippen molar-refractivity contribution in [3.63, 3.8) is 0 Å². The Kier molecular flexibility index (Phi) is 4.47. The van der Waals surface area contributed by atoms with Gasteiger partial charge in [0.05, 0.1) is 6.21 Å². The average molecular weight is 209 g/mol. The summed E-state index contributed by atoms with van der Waals surface area (Å²) in [4.78, 5) is 16.1. The minimum Gasteiger partial charge on any atom is -0.396 e. The predicted octanol–water partition coefficient (Wildman–Crippen LogP) is 2.42. The second-order valence-corrected chi connectivity index (χ2v) is 2.84. The number of halogens is 1. The number of Topliss-reactive ketones (excluding diaryl/α,β-unsaturated/α-hetero) is 1. The molecule has 1 aromatic carbocycles. The third-order valence-electron chi connectivity index (χ3n) is 1.72. The van der Waals surface area contributed by atoms with Crippen molar-refractivity contribution in [3.8, 4) is 0 Å². The number of hydrogen-bond donors (Lipinski definition) is 0. The van der Waals surface area contributed by atoms with Crippen molar-refractivity contribution in [2.45, 2.75) is 13.3 Å². The molecule has 0 saturated heterocycles. The average Bonchev–Trinajstić information content (AvgIpc) is 2.25. The molecule has 0 amide bonds. The third-order valence-corrected chi connectivity index (χ3v) is 1.72. The van der Waals surface area contributed by atoms with Gasteiger partial charge < -0.3 is 4.84 Å². The molecule has 0 aromatic heterocycles. The highest BCUT2D eigenvalue weighted by molar-refractivity contribution is 6.03. The molecule has 0 aliphatic rings. The van der Waals surface area contributed by atoms with Gasteiger partial charge in [-0.15, -0.1) is 0 Å². The summed E-state index contributed by atoms with van der Waals surface area (Å²) in [5, 5.41) is 3.55. The largest absolute Gasteiger partial charge is 0.396 e. The highest BCUT2D eigenvalue weighted by Gasteiger charge is 2.03. The number of nitrogens with zero attached hydrogens (tertiary/aromatic N) is 1. The molecule has 0 N–H and O–H groups in total. The van der Waals surface area contributed by atoms with Crippen molar-refractivity contribution in [3.05, 3.63) is 35.6 Å². The number of ketones is 1. The fourth-order valence-electron chi connectivity index (χ4n) is 1.00. The minimum atomic E-state index is -0.352. The third kappa shape index (κ3) is 3.89. The summed E-state index contributed by atoms with van der Waals surface area (Å²) in [6.07, 6.45) is 1.56. The molecular formula is C11H12FNO2. The van der Waals surface area contributed by atoms with Crippen LogP contribution in [0.1, 0.15) is 23.7 Å². The normalized spacial score (nSPS) is 10.5. The molecule has 1 rings (SSSR count). The summed E-state index contributed by atoms with van der Waals surface area (Å²) in [5.74, 6) is -0.465. The number of carbonyl (C=O) groups excluding carboxylic acids is 1. The van der Waals surface area contributed by atoms with E-state index in [9.17, 15) is 9.18 Å². The summed E-state index contributed by atoms with van der Waals surface area (Å²) in [6.45, 7) is 2.28. The summed E-state index contributed by atoms with van der Waals surface area (Å²) in [7, 11) is 0. The Morgan fingerprint density at radius 3 is 2.73 bits per heavy atom. The molecule has 3 nitrogen and oxygen atoms in total. The molecule has 0 saturated carbocycles. The summed E-state index contributed by atoms with van der Waals surface area (Å²) >= 11 is 0. The second kappa shape index (κ2) is 5.90. The van der Waals surface area contributed by atoms with Gasteiger partial charge in [0.15, 0.2) is 5.78 Å². The van der Waals surface area contributed by atoms with Gasteiger partial charge in [-0.25, -0.2) is 4.39 Å². The molecule has 15 heavy (non-hydrogen) atoms. The first kappa shape index (κ1) is 11.4. The van der Waals surface area contributed by atoms with Gasteiger partial charge in [0.2, 0.25) is 0 Å². The highest BCUT2D eigenvalue weighted by Crippen LogP contribution is 2.04. The van der Waals surface area contributed by atoms with Crippen LogP contribution in [0.5, 0.6) is 0 Å². The molecular weight excluding hydrogens is 197 g/mol. The van der Waals surface area contributed by atoms with Gasteiger partial charge in [0.1, 0.15) is 12.4 Å². The van der Waals surface area contributed by atoms with E-state index < -0.39 is 0 Å². The van der Waals surface area contributed by atoms with Gasteiger partial charge in [-0.2, -0.15) is 0 Å². The van der Waals surface area contributed by atoms with E-state index in [1.54, 1.807) is 6.92 Å². The van der Waals surface area contributed by atoms with Crippen LogP contribution in [0, 0.1) is 5.82 Å². The van der Waals surface area contributed by atoms with Gasteiger partial charge in [-0.1, -0.05) is 5.16 Å². The molecule has 4 heteroatoms. The first-order valence-electron chi connectivity index (χ1n) is 4.66. The Morgan fingerprint density at radius 1 is 1.47 bits per heavy atom. The maximum atomic E-state index is 12.5. The van der Waals surface area contributed by atoms with E-state index in [4.69, 9.17) is 4.84 Å². The van der Waals surface area contributed by atoms with Crippen LogP contribution in [0.2, 0.25) is 0 Å². The molecule has 0 atom stereocenters. The zero-order valence-corrected chi connectivity index (χ0v) is 8.44. The molecule has 0 aliphatic heterocycles. The van der Waals surface area contributed by atoms with E-state index >= 15 is 0 Å². The number of oxime groups is 1. The van der Waals surface area contributed by atoms with Crippen LogP contribution in [-0.2, 0) is 4.84 Å². The van der Waals surface area contributed by atoms with E-state index in [2.05, 4.69) is 5.16 Å². The molecule has 80 valence electrons. The molecule has 0 unspecified atom stereocenters. The zero-order valence-electron chi connectivity index (χ0n) is 8.44. The van der Waals surface area contributed by atoms with Gasteiger partial charge in [-0.05, 0) is 31.2 Å². The van der Waals surface area contributed by atoms with Crippen LogP contribution in [0.3, 0.4) is 0 Å². The summed E-state index contributed by atoms with van der Waals surface area (Å²) in [6, 6.07) is 5.41. The van der Waals surface area contributed by atoms with Crippen LogP contribution < -0.4 is 0 Å². The SMILES string of the molecule is CCO/N=C/CC(=O)c1ccc(F)cc1. The maximum Gasteiger partial charge on any atom is 0.168 e. The summed E-state index contributed by atoms with van der Waals surface area (Å²) in [5.41, 5.74) is 0.472. The Bertz CT molecular complexity index is 346. The number of benzene rings is 1. The van der Waals surface area contributed by atoms with Crippen molar-refractivity contribution >= 4 is 12.0 Å². The Hall–Kier alpha value is -1.71. The quantitative estimate of drug-likeness (QED) is 0.424. The van der Waals surface area contributed by atoms with Crippen molar-refractivity contribution < 1.29 is 14.0 Å². The second-order valence-electron chi connectivity index (χ2n) is 2.84. The zero-order chi connectivity index (χ0) is 11.1. The van der Waals surface area contributed by atoms with Crippen molar-refractivity contribution in [2.24, 2.45) is 5.16 Å². The van der Waals surface area contributed by atoms with Crippen LogP contribution in [0.25, 0.3) is 0 Å². The predicted molar refractivity (Wildman–Crippen MR) is 55.5 cm³/mol. The molecule has 0 radical (unpaired) electrons. The van der Waals surface area contributed by atoms with E-state index in [0.717, 1.165) is 0 Å². The first-order chi connectivity index (χ1) is 7.24. The Morgan fingerprint density at radius 2 is 2.13 bits per heavy atom. The van der Waals surface area contributed by atoms with Crippen molar-refractivity contribution in [2.75, 3.05) is 6.61 Å². The Balaban J connectivity index is 2.50. The molecule has 0 aliphatic carbocycles. The molecule has 0 fully saturated rings. The standard InChI is InChI=1S/C11H12FNO2/c1-2-15-13-8-7-11(14)9-3-5-10(12)6-4-9/h3-6,8H,2,7H2,1H3/b13-8+. The lowest BCUT2D eigenvalue weighted by Crippen LogP contribution is -1.99. The van der Waals surface area contributed by atoms with Crippen LogP contribution in [0.4, 0.5) is 4.39 Å². The number of rotatable bonds is 5. The Labute approximate surface area is 87.5 Å². The fourth-order valence-corrected chi connectivity index (χ4v) is 1.00. The van der Waals surface area contributed by atoms with E-state index in [0.29, 0.717) is 12.2 Å². The molecule has 0 bridgehead atoms. The molecule has 0 spiro atoms. The van der Waals surface area contributed by atoms with Gasteiger partial charge in [0.25, 0.3) is 0 Å². The topological polar surface area (TPSA) is 38.7 Å². The van der Waals surface area contributed by atoms with Crippen LogP contribution in [-0.4, -0.2) is 18.6 Å². The smallest absolute Gasteiger partial charge is 0.168 e. The number of hydrogen-bond acceptors (Lipinski definition) is 3. The van der Waals surface area contributed by atoms with E-state index in [-0.39, 0.29) is 18.0 Å². The lowest BCUT2D eigenvalue weighted by molar-refractivity contribution is 0.0998. The first-order valence-corrected chi connectivity index (χ1v) is 4.66. The lowest BCUT2D eigenvalue weighted by Gasteiger charge is -1.96. The van der Waals surface area contributed by atoms with Crippen molar-refractivity contribution in [1.29, 1.82) is 0 Å². The van der Waals surface area contributed by atoms with Gasteiger partial charge in [-0.3, -0.25) is 4.79 Å². The molecule has 1 aromatic rings. The maximum absolute atomic E-state index is 12.5. The van der Waals surface area contributed by atoms with Gasteiger partial charge >= 0.3 is 0 Å². The highest BCUT2D eigenvalue weighted by atomic mass is 19.1. The fraction of sp³-hybridized carbons (Fsp3) is 0.273.